The van der Waals surface area contributed by atoms with Crippen molar-refractivity contribution in [3.8, 4) is 22.8 Å². The van der Waals surface area contributed by atoms with Crippen molar-refractivity contribution in [2.24, 2.45) is 0 Å². The lowest BCUT2D eigenvalue weighted by Crippen LogP contribution is -2.23. The summed E-state index contributed by atoms with van der Waals surface area (Å²) in [7, 11) is 1.61. The second-order valence-electron chi connectivity index (χ2n) is 7.18. The molecule has 0 aliphatic rings. The minimum atomic E-state index is -0.181. The molecule has 1 amide bonds. The zero-order valence-corrected chi connectivity index (χ0v) is 18.6. The molecule has 0 radical (unpaired) electrons. The minimum Gasteiger partial charge on any atom is -0.496 e. The Labute approximate surface area is 192 Å². The molecular weight excluding hydrogens is 424 g/mol. The predicted octanol–water partition coefficient (Wildman–Crippen LogP) is 5.89. The number of aromatic nitrogens is 1. The number of amides is 1. The molecule has 0 aliphatic carbocycles. The zero-order chi connectivity index (χ0) is 22.5. The molecule has 6 heteroatoms. The van der Waals surface area contributed by atoms with Gasteiger partial charge in [-0.3, -0.25) is 4.79 Å². The molecule has 0 spiro atoms. The maximum Gasteiger partial charge on any atom is 0.251 e. The number of rotatable bonds is 7. The van der Waals surface area contributed by atoms with Gasteiger partial charge in [-0.25, -0.2) is 4.98 Å². The highest BCUT2D eigenvalue weighted by atomic mass is 35.5. The summed E-state index contributed by atoms with van der Waals surface area (Å²) >= 11 is 6.15. The highest BCUT2D eigenvalue weighted by molar-refractivity contribution is 6.30. The number of pyridine rings is 1. The quantitative estimate of drug-likeness (QED) is 0.384. The second kappa shape index (κ2) is 9.71. The van der Waals surface area contributed by atoms with Crippen LogP contribution in [0.1, 0.15) is 22.8 Å². The van der Waals surface area contributed by atoms with Gasteiger partial charge in [0.2, 0.25) is 0 Å². The number of fused-ring (bicyclic) bond motifs is 1. The summed E-state index contributed by atoms with van der Waals surface area (Å²) in [4.78, 5) is 17.6. The number of carbonyl (C=O) groups is 1. The molecule has 4 aromatic rings. The first-order valence-electron chi connectivity index (χ1n) is 10.3. The van der Waals surface area contributed by atoms with Crippen molar-refractivity contribution < 1.29 is 14.3 Å². The Bertz CT molecular complexity index is 1270. The Morgan fingerprint density at radius 1 is 1.00 bits per heavy atom. The van der Waals surface area contributed by atoms with Gasteiger partial charge >= 0.3 is 0 Å². The normalized spacial score (nSPS) is 10.7. The lowest BCUT2D eigenvalue weighted by molar-refractivity contribution is 0.0951. The van der Waals surface area contributed by atoms with E-state index in [2.05, 4.69) is 5.32 Å². The van der Waals surface area contributed by atoms with Crippen molar-refractivity contribution in [3.63, 3.8) is 0 Å². The van der Waals surface area contributed by atoms with Crippen LogP contribution < -0.4 is 14.8 Å². The highest BCUT2D eigenvalue weighted by Crippen LogP contribution is 2.32. The average molecular weight is 447 g/mol. The van der Waals surface area contributed by atoms with Crippen molar-refractivity contribution in [3.05, 3.63) is 88.9 Å². The summed E-state index contributed by atoms with van der Waals surface area (Å²) in [5.74, 6) is 1.23. The third-order valence-electron chi connectivity index (χ3n) is 5.09. The van der Waals surface area contributed by atoms with E-state index in [1.54, 1.807) is 13.2 Å². The van der Waals surface area contributed by atoms with Crippen molar-refractivity contribution in [2.75, 3.05) is 13.7 Å². The summed E-state index contributed by atoms with van der Waals surface area (Å²) in [5, 5.41) is 4.38. The van der Waals surface area contributed by atoms with Crippen molar-refractivity contribution >= 4 is 28.4 Å². The summed E-state index contributed by atoms with van der Waals surface area (Å²) in [5.41, 5.74) is 3.85. The highest BCUT2D eigenvalue weighted by Gasteiger charge is 2.13. The first kappa shape index (κ1) is 21.7. The Morgan fingerprint density at radius 2 is 1.84 bits per heavy atom. The SMILES string of the molecule is CCOc1cc(-c2cccc(Cl)c2)nc2ccc(C(=O)NCc3ccccc3OC)cc12. The van der Waals surface area contributed by atoms with Crippen LogP contribution in [-0.2, 0) is 6.54 Å². The largest absolute Gasteiger partial charge is 0.496 e. The van der Waals surface area contributed by atoms with E-state index >= 15 is 0 Å². The van der Waals surface area contributed by atoms with E-state index in [0.29, 0.717) is 29.5 Å². The van der Waals surface area contributed by atoms with Crippen molar-refractivity contribution in [1.82, 2.24) is 10.3 Å². The first-order valence-corrected chi connectivity index (χ1v) is 10.7. The van der Waals surface area contributed by atoms with Gasteiger partial charge in [0.25, 0.3) is 5.91 Å². The summed E-state index contributed by atoms with van der Waals surface area (Å²) in [6.07, 6.45) is 0. The zero-order valence-electron chi connectivity index (χ0n) is 17.9. The molecule has 32 heavy (non-hydrogen) atoms. The van der Waals surface area contributed by atoms with E-state index in [0.717, 1.165) is 33.5 Å². The molecule has 3 aromatic carbocycles. The molecule has 5 nitrogen and oxygen atoms in total. The fourth-order valence-electron chi connectivity index (χ4n) is 3.53. The summed E-state index contributed by atoms with van der Waals surface area (Å²) < 4.78 is 11.2. The minimum absolute atomic E-state index is 0.181. The van der Waals surface area contributed by atoms with Crippen LogP contribution in [0.15, 0.2) is 72.8 Å². The van der Waals surface area contributed by atoms with Gasteiger partial charge in [-0.15, -0.1) is 0 Å². The fraction of sp³-hybridized carbons (Fsp3) is 0.154. The van der Waals surface area contributed by atoms with Gasteiger partial charge in [-0.2, -0.15) is 0 Å². The van der Waals surface area contributed by atoms with Gasteiger partial charge in [-0.1, -0.05) is 41.9 Å². The molecule has 0 atom stereocenters. The van der Waals surface area contributed by atoms with Gasteiger partial charge in [0.1, 0.15) is 11.5 Å². The van der Waals surface area contributed by atoms with E-state index in [1.165, 1.54) is 0 Å². The van der Waals surface area contributed by atoms with E-state index in [1.807, 2.05) is 73.7 Å². The molecule has 0 bridgehead atoms. The maximum absolute atomic E-state index is 12.8. The lowest BCUT2D eigenvalue weighted by atomic mass is 10.1. The predicted molar refractivity (Wildman–Crippen MR) is 128 cm³/mol. The number of hydrogen-bond donors (Lipinski definition) is 1. The molecule has 4 rings (SSSR count). The van der Waals surface area contributed by atoms with Crippen LogP contribution in [-0.4, -0.2) is 24.6 Å². The monoisotopic (exact) mass is 446 g/mol. The van der Waals surface area contributed by atoms with E-state index in [-0.39, 0.29) is 5.91 Å². The molecular formula is C26H23ClN2O3. The van der Waals surface area contributed by atoms with Crippen LogP contribution >= 0.6 is 11.6 Å². The number of nitrogens with zero attached hydrogens (tertiary/aromatic N) is 1. The van der Waals surface area contributed by atoms with Crippen molar-refractivity contribution in [1.29, 1.82) is 0 Å². The van der Waals surface area contributed by atoms with Gasteiger partial charge in [0.05, 0.1) is 24.9 Å². The number of para-hydroxylation sites is 1. The van der Waals surface area contributed by atoms with Crippen LogP contribution in [0, 0.1) is 0 Å². The Balaban J connectivity index is 1.64. The van der Waals surface area contributed by atoms with E-state index in [4.69, 9.17) is 26.1 Å². The standard InChI is InChI=1S/C26H23ClN2O3/c1-3-32-25-15-23(17-8-6-9-20(27)13-17)29-22-12-11-18(14-21(22)25)26(30)28-16-19-7-4-5-10-24(19)31-2/h4-15H,3,16H2,1-2H3,(H,28,30). The number of benzene rings is 3. The van der Waals surface area contributed by atoms with Crippen LogP contribution in [0.4, 0.5) is 0 Å². The van der Waals surface area contributed by atoms with E-state index in [9.17, 15) is 4.79 Å². The molecule has 1 heterocycles. The molecule has 0 fully saturated rings. The topological polar surface area (TPSA) is 60.5 Å². The number of methoxy groups -OCH3 is 1. The summed E-state index contributed by atoms with van der Waals surface area (Å²) in [6, 6.07) is 22.4. The van der Waals surface area contributed by atoms with Crippen LogP contribution in [0.25, 0.3) is 22.2 Å². The molecule has 1 aromatic heterocycles. The van der Waals surface area contributed by atoms with Gasteiger partial charge in [0.15, 0.2) is 0 Å². The number of hydrogen-bond acceptors (Lipinski definition) is 4. The number of carbonyl (C=O) groups excluding carboxylic acids is 1. The first-order chi connectivity index (χ1) is 15.6. The number of ether oxygens (including phenoxy) is 2. The fourth-order valence-corrected chi connectivity index (χ4v) is 3.72. The number of nitrogens with one attached hydrogen (secondary N) is 1. The van der Waals surface area contributed by atoms with Gasteiger partial charge < -0.3 is 14.8 Å². The maximum atomic E-state index is 12.8. The molecule has 0 saturated heterocycles. The Kier molecular flexibility index (Phi) is 6.57. The van der Waals surface area contributed by atoms with Gasteiger partial charge in [-0.05, 0) is 43.3 Å². The summed E-state index contributed by atoms with van der Waals surface area (Å²) in [6.45, 7) is 2.79. The third-order valence-corrected chi connectivity index (χ3v) is 5.32. The van der Waals surface area contributed by atoms with Crippen LogP contribution in [0.2, 0.25) is 5.02 Å². The molecule has 162 valence electrons. The molecule has 0 unspecified atom stereocenters. The van der Waals surface area contributed by atoms with Crippen molar-refractivity contribution in [2.45, 2.75) is 13.5 Å². The molecule has 0 aliphatic heterocycles. The second-order valence-corrected chi connectivity index (χ2v) is 7.61. The van der Waals surface area contributed by atoms with Crippen LogP contribution in [0.5, 0.6) is 11.5 Å². The van der Waals surface area contributed by atoms with Crippen LogP contribution in [0.3, 0.4) is 0 Å². The smallest absolute Gasteiger partial charge is 0.251 e. The van der Waals surface area contributed by atoms with Gasteiger partial charge in [0, 0.05) is 39.7 Å². The van der Waals surface area contributed by atoms with E-state index < -0.39 is 0 Å². The Morgan fingerprint density at radius 3 is 2.62 bits per heavy atom. The molecule has 0 saturated carbocycles. The third kappa shape index (κ3) is 4.68. The molecule has 1 N–H and O–H groups in total. The lowest BCUT2D eigenvalue weighted by Gasteiger charge is -2.13. The number of halogens is 1. The Hall–Kier alpha value is -3.57. The average Bonchev–Trinajstić information content (AvgIpc) is 2.82.